The molecular weight excluding hydrogens is 457 g/mol. The maximum atomic E-state index is 13.7. The maximum absolute atomic E-state index is 13.7. The van der Waals surface area contributed by atoms with Gasteiger partial charge in [0, 0.05) is 34.6 Å². The van der Waals surface area contributed by atoms with E-state index < -0.39 is 5.79 Å². The number of carbonyl (C=O) groups is 1. The molecule has 2 unspecified atom stereocenters. The largest absolute Gasteiger partial charge is 0.461 e. The molecule has 4 rings (SSSR count). The summed E-state index contributed by atoms with van der Waals surface area (Å²) in [7, 11) is 0. The highest BCUT2D eigenvalue weighted by molar-refractivity contribution is 6.01. The molecule has 1 fully saturated rings. The smallest absolute Gasteiger partial charge is 0.308 e. The Morgan fingerprint density at radius 1 is 1.19 bits per heavy atom. The second-order valence-electron chi connectivity index (χ2n) is 9.81. The van der Waals surface area contributed by atoms with Crippen LogP contribution in [0.2, 0.25) is 0 Å². The normalized spacial score (nSPS) is 19.7. The second kappa shape index (κ2) is 10.8. The standard InChI is InChI=1S/C30H34FNO4/c1-6-17-34-28(33)19-24-18-23(35-30(4,5)36-24)15-16-27-29(21-11-13-22(31)14-12-21)25-9-7-8-10-26(25)32(27)20(2)3/h6-16,20,23-24H,1,17-19H2,2-5H3. The Morgan fingerprint density at radius 3 is 2.61 bits per heavy atom. The van der Waals surface area contributed by atoms with Crippen LogP contribution in [-0.4, -0.2) is 35.1 Å². The number of rotatable bonds is 8. The van der Waals surface area contributed by atoms with Crippen LogP contribution in [0.1, 0.15) is 52.3 Å². The summed E-state index contributed by atoms with van der Waals surface area (Å²) in [5, 5.41) is 1.11. The van der Waals surface area contributed by atoms with Gasteiger partial charge in [-0.05, 0) is 57.5 Å². The molecule has 0 bridgehead atoms. The molecule has 0 spiro atoms. The van der Waals surface area contributed by atoms with Crippen LogP contribution >= 0.6 is 0 Å². The summed E-state index contributed by atoms with van der Waals surface area (Å²) in [6, 6.07) is 15.1. The van der Waals surface area contributed by atoms with Gasteiger partial charge in [0.05, 0.1) is 18.6 Å². The molecular formula is C30H34FNO4. The summed E-state index contributed by atoms with van der Waals surface area (Å²) in [6.45, 7) is 11.8. The number of fused-ring (bicyclic) bond motifs is 1. The molecule has 0 aliphatic carbocycles. The van der Waals surface area contributed by atoms with Gasteiger partial charge < -0.3 is 18.8 Å². The van der Waals surface area contributed by atoms with Crippen LogP contribution in [0.3, 0.4) is 0 Å². The van der Waals surface area contributed by atoms with Crippen LogP contribution in [-0.2, 0) is 19.0 Å². The van der Waals surface area contributed by atoms with Gasteiger partial charge in [-0.2, -0.15) is 0 Å². The number of hydrogen-bond acceptors (Lipinski definition) is 4. The lowest BCUT2D eigenvalue weighted by Crippen LogP contribution is -2.44. The van der Waals surface area contributed by atoms with Crippen LogP contribution in [0.5, 0.6) is 0 Å². The molecule has 1 aliphatic rings. The predicted molar refractivity (Wildman–Crippen MR) is 141 cm³/mol. The molecule has 190 valence electrons. The molecule has 2 atom stereocenters. The van der Waals surface area contributed by atoms with Crippen molar-refractivity contribution in [2.75, 3.05) is 6.61 Å². The third-order valence-electron chi connectivity index (χ3n) is 6.20. The van der Waals surface area contributed by atoms with Gasteiger partial charge in [-0.1, -0.05) is 49.1 Å². The van der Waals surface area contributed by atoms with Crippen molar-refractivity contribution in [2.45, 2.75) is 64.6 Å². The van der Waals surface area contributed by atoms with Crippen molar-refractivity contribution in [1.82, 2.24) is 4.57 Å². The fraction of sp³-hybridized carbons (Fsp3) is 0.367. The first-order chi connectivity index (χ1) is 17.2. The van der Waals surface area contributed by atoms with Gasteiger partial charge in [0.15, 0.2) is 5.79 Å². The van der Waals surface area contributed by atoms with E-state index in [1.807, 2.05) is 44.2 Å². The van der Waals surface area contributed by atoms with Gasteiger partial charge in [-0.25, -0.2) is 4.39 Å². The Bertz CT molecular complexity index is 1260. The third-order valence-corrected chi connectivity index (χ3v) is 6.20. The molecule has 3 aromatic rings. The van der Waals surface area contributed by atoms with E-state index in [0.29, 0.717) is 6.42 Å². The zero-order valence-electron chi connectivity index (χ0n) is 21.4. The fourth-order valence-electron chi connectivity index (χ4n) is 4.91. The van der Waals surface area contributed by atoms with Crippen molar-refractivity contribution in [1.29, 1.82) is 0 Å². The minimum absolute atomic E-state index is 0.151. The minimum Gasteiger partial charge on any atom is -0.461 e. The van der Waals surface area contributed by atoms with Crippen molar-refractivity contribution < 1.29 is 23.4 Å². The summed E-state index contributed by atoms with van der Waals surface area (Å²) in [5.41, 5.74) is 4.13. The SMILES string of the molecule is C=CCOC(=O)CC1CC(C=Cc2c(-c3ccc(F)cc3)c3ccccc3n2C(C)C)OC(C)(C)O1. The molecule has 2 heterocycles. The van der Waals surface area contributed by atoms with Crippen molar-refractivity contribution >= 4 is 22.9 Å². The highest BCUT2D eigenvalue weighted by Gasteiger charge is 2.35. The average molecular weight is 492 g/mol. The lowest BCUT2D eigenvalue weighted by molar-refractivity contribution is -0.290. The summed E-state index contributed by atoms with van der Waals surface area (Å²) in [5.74, 6) is -1.43. The van der Waals surface area contributed by atoms with Crippen LogP contribution in [0.15, 0.2) is 67.3 Å². The molecule has 36 heavy (non-hydrogen) atoms. The molecule has 0 radical (unpaired) electrons. The number of benzene rings is 2. The molecule has 1 aliphatic heterocycles. The predicted octanol–water partition coefficient (Wildman–Crippen LogP) is 7.07. The van der Waals surface area contributed by atoms with E-state index in [9.17, 15) is 9.18 Å². The first-order valence-electron chi connectivity index (χ1n) is 12.4. The Balaban J connectivity index is 1.71. The summed E-state index contributed by atoms with van der Waals surface area (Å²) >= 11 is 0. The van der Waals surface area contributed by atoms with Crippen molar-refractivity contribution in [3.8, 4) is 11.1 Å². The first-order valence-corrected chi connectivity index (χ1v) is 12.4. The van der Waals surface area contributed by atoms with Gasteiger partial charge >= 0.3 is 5.97 Å². The van der Waals surface area contributed by atoms with Crippen molar-refractivity contribution in [3.63, 3.8) is 0 Å². The number of aromatic nitrogens is 1. The van der Waals surface area contributed by atoms with E-state index >= 15 is 0 Å². The number of ether oxygens (including phenoxy) is 3. The van der Waals surface area contributed by atoms with Gasteiger partial charge in [0.2, 0.25) is 0 Å². The first kappa shape index (κ1) is 25.9. The summed E-state index contributed by atoms with van der Waals surface area (Å²) in [6.07, 6.45) is 5.75. The molecule has 5 nitrogen and oxygen atoms in total. The quantitative estimate of drug-likeness (QED) is 0.250. The fourth-order valence-corrected chi connectivity index (χ4v) is 4.91. The highest BCUT2D eigenvalue weighted by atomic mass is 19.1. The number of nitrogens with zero attached hydrogens (tertiary/aromatic N) is 1. The number of carbonyl (C=O) groups excluding carboxylic acids is 1. The Labute approximate surface area is 212 Å². The number of para-hydroxylation sites is 1. The zero-order chi connectivity index (χ0) is 25.9. The molecule has 0 amide bonds. The Hall–Kier alpha value is -3.22. The maximum Gasteiger partial charge on any atom is 0.308 e. The van der Waals surface area contributed by atoms with E-state index in [4.69, 9.17) is 14.2 Å². The minimum atomic E-state index is -0.846. The molecule has 6 heteroatoms. The third kappa shape index (κ3) is 5.77. The second-order valence-corrected chi connectivity index (χ2v) is 9.81. The van der Waals surface area contributed by atoms with E-state index in [1.165, 1.54) is 12.1 Å². The lowest BCUT2D eigenvalue weighted by atomic mass is 10.0. The number of esters is 1. The number of halogens is 1. The van der Waals surface area contributed by atoms with Gasteiger partial charge in [-0.15, -0.1) is 0 Å². The summed E-state index contributed by atoms with van der Waals surface area (Å²) in [4.78, 5) is 12.2. The topological polar surface area (TPSA) is 49.7 Å². The van der Waals surface area contributed by atoms with Crippen LogP contribution in [0.4, 0.5) is 4.39 Å². The lowest BCUT2D eigenvalue weighted by Gasteiger charge is -2.39. The van der Waals surface area contributed by atoms with E-state index in [-0.39, 0.29) is 43.1 Å². The monoisotopic (exact) mass is 491 g/mol. The van der Waals surface area contributed by atoms with Crippen LogP contribution < -0.4 is 0 Å². The Morgan fingerprint density at radius 2 is 1.92 bits per heavy atom. The van der Waals surface area contributed by atoms with E-state index in [0.717, 1.165) is 27.7 Å². The van der Waals surface area contributed by atoms with Crippen molar-refractivity contribution in [2.24, 2.45) is 0 Å². The molecule has 1 saturated heterocycles. The van der Waals surface area contributed by atoms with Crippen LogP contribution in [0, 0.1) is 5.82 Å². The zero-order valence-corrected chi connectivity index (χ0v) is 21.4. The summed E-state index contributed by atoms with van der Waals surface area (Å²) < 4.78 is 33.4. The molecule has 1 aromatic heterocycles. The average Bonchev–Trinajstić information content (AvgIpc) is 3.15. The Kier molecular flexibility index (Phi) is 7.76. The molecule has 0 N–H and O–H groups in total. The van der Waals surface area contributed by atoms with Crippen molar-refractivity contribution in [3.05, 3.63) is 78.8 Å². The molecule has 0 saturated carbocycles. The van der Waals surface area contributed by atoms with Gasteiger partial charge in [0.25, 0.3) is 0 Å². The van der Waals surface area contributed by atoms with Gasteiger partial charge in [0.1, 0.15) is 12.4 Å². The number of hydrogen-bond donors (Lipinski definition) is 0. The molecule has 2 aromatic carbocycles. The highest BCUT2D eigenvalue weighted by Crippen LogP contribution is 2.38. The van der Waals surface area contributed by atoms with Gasteiger partial charge in [-0.3, -0.25) is 4.79 Å². The van der Waals surface area contributed by atoms with E-state index in [2.05, 4.69) is 43.2 Å². The van der Waals surface area contributed by atoms with E-state index in [1.54, 1.807) is 6.08 Å². The van der Waals surface area contributed by atoms with Crippen LogP contribution in [0.25, 0.3) is 28.1 Å².